The molecule has 0 aromatic carbocycles. The van der Waals surface area contributed by atoms with Crippen LogP contribution in [-0.4, -0.2) is 22.1 Å². The van der Waals surface area contributed by atoms with Crippen LogP contribution in [0, 0.1) is 11.8 Å². The molecule has 1 saturated carbocycles. The fraction of sp³-hybridized carbons (Fsp3) is 0.812. The average molecular weight is 263 g/mol. The van der Waals surface area contributed by atoms with Crippen LogP contribution >= 0.6 is 0 Å². The Morgan fingerprint density at radius 1 is 1.42 bits per heavy atom. The summed E-state index contributed by atoms with van der Waals surface area (Å²) in [6, 6.07) is 0.575. The molecular weight excluding hydrogens is 234 g/mol. The number of hydrogen-bond acceptors (Lipinski definition) is 2. The van der Waals surface area contributed by atoms with Crippen molar-refractivity contribution in [2.45, 2.75) is 65.5 Å². The van der Waals surface area contributed by atoms with E-state index in [9.17, 15) is 0 Å². The first-order valence-corrected chi connectivity index (χ1v) is 7.86. The lowest BCUT2D eigenvalue weighted by molar-refractivity contribution is 0.227. The zero-order valence-corrected chi connectivity index (χ0v) is 12.9. The first kappa shape index (κ1) is 14.6. The molecule has 1 heterocycles. The summed E-state index contributed by atoms with van der Waals surface area (Å²) in [5.74, 6) is 3.52. The summed E-state index contributed by atoms with van der Waals surface area (Å²) >= 11 is 0. The second-order valence-electron chi connectivity index (χ2n) is 6.42. The highest BCUT2D eigenvalue weighted by Crippen LogP contribution is 2.39. The van der Waals surface area contributed by atoms with Crippen LogP contribution in [0.25, 0.3) is 0 Å². The summed E-state index contributed by atoms with van der Waals surface area (Å²) in [5.41, 5.74) is 0. The molecular formula is C16H29N3. The van der Waals surface area contributed by atoms with Crippen molar-refractivity contribution in [1.82, 2.24) is 14.9 Å². The molecule has 1 fully saturated rings. The monoisotopic (exact) mass is 263 g/mol. The predicted octanol–water partition coefficient (Wildman–Crippen LogP) is 3.42. The number of imidazole rings is 1. The Bertz CT molecular complexity index is 383. The van der Waals surface area contributed by atoms with E-state index in [-0.39, 0.29) is 0 Å². The van der Waals surface area contributed by atoms with E-state index in [4.69, 9.17) is 0 Å². The lowest BCUT2D eigenvalue weighted by Gasteiger charge is -2.35. The highest BCUT2D eigenvalue weighted by atomic mass is 15.1. The Labute approximate surface area is 117 Å². The summed E-state index contributed by atoms with van der Waals surface area (Å²) in [6.07, 6.45) is 8.09. The molecule has 3 heteroatoms. The number of aromatic nitrogens is 2. The molecule has 0 aliphatic heterocycles. The van der Waals surface area contributed by atoms with E-state index in [0.29, 0.717) is 12.0 Å². The Morgan fingerprint density at radius 3 is 2.89 bits per heavy atom. The summed E-state index contributed by atoms with van der Waals surface area (Å²) in [6.45, 7) is 11.2. The van der Waals surface area contributed by atoms with Gasteiger partial charge in [-0.1, -0.05) is 27.2 Å². The maximum Gasteiger partial charge on any atom is 0.112 e. The molecule has 0 amide bonds. The summed E-state index contributed by atoms with van der Waals surface area (Å²) < 4.78 is 2.32. The molecule has 1 N–H and O–H groups in total. The van der Waals surface area contributed by atoms with Crippen LogP contribution in [0.4, 0.5) is 0 Å². The van der Waals surface area contributed by atoms with Crippen LogP contribution < -0.4 is 5.32 Å². The fourth-order valence-corrected chi connectivity index (χ4v) is 3.31. The van der Waals surface area contributed by atoms with E-state index in [1.807, 2.05) is 6.20 Å². The van der Waals surface area contributed by atoms with E-state index in [1.54, 1.807) is 0 Å². The molecule has 0 spiro atoms. The number of rotatable bonds is 5. The molecule has 1 aliphatic carbocycles. The van der Waals surface area contributed by atoms with Gasteiger partial charge in [0.2, 0.25) is 0 Å². The molecule has 3 atom stereocenters. The third-order valence-corrected chi connectivity index (χ3v) is 4.46. The van der Waals surface area contributed by atoms with Crippen LogP contribution in [0.15, 0.2) is 12.4 Å². The lowest BCUT2D eigenvalue weighted by atomic mass is 9.74. The SMILES string of the molecule is CCn1ccnc1C1CC(C)CCC1CNC(C)C. The van der Waals surface area contributed by atoms with Crippen molar-refractivity contribution in [3.8, 4) is 0 Å². The molecule has 1 aromatic heterocycles. The van der Waals surface area contributed by atoms with Gasteiger partial charge in [-0.05, 0) is 38.1 Å². The maximum absolute atomic E-state index is 4.66. The third-order valence-electron chi connectivity index (χ3n) is 4.46. The van der Waals surface area contributed by atoms with Gasteiger partial charge in [0.05, 0.1) is 0 Å². The molecule has 19 heavy (non-hydrogen) atoms. The molecule has 2 rings (SSSR count). The van der Waals surface area contributed by atoms with Gasteiger partial charge in [0, 0.05) is 30.9 Å². The number of aryl methyl sites for hydroxylation is 1. The van der Waals surface area contributed by atoms with Crippen molar-refractivity contribution in [2.24, 2.45) is 11.8 Å². The van der Waals surface area contributed by atoms with Crippen molar-refractivity contribution >= 4 is 0 Å². The molecule has 1 aliphatic rings. The van der Waals surface area contributed by atoms with Crippen molar-refractivity contribution in [3.05, 3.63) is 18.2 Å². The Hall–Kier alpha value is -0.830. The van der Waals surface area contributed by atoms with Gasteiger partial charge < -0.3 is 9.88 Å². The Kier molecular flexibility index (Phi) is 5.03. The first-order valence-electron chi connectivity index (χ1n) is 7.86. The third kappa shape index (κ3) is 3.59. The number of hydrogen-bond donors (Lipinski definition) is 1. The zero-order valence-electron chi connectivity index (χ0n) is 12.9. The van der Waals surface area contributed by atoms with Gasteiger partial charge in [-0.3, -0.25) is 0 Å². The highest BCUT2D eigenvalue weighted by Gasteiger charge is 2.32. The topological polar surface area (TPSA) is 29.9 Å². The molecule has 0 radical (unpaired) electrons. The van der Waals surface area contributed by atoms with Gasteiger partial charge >= 0.3 is 0 Å². The van der Waals surface area contributed by atoms with E-state index in [0.717, 1.165) is 24.9 Å². The molecule has 3 nitrogen and oxygen atoms in total. The second kappa shape index (κ2) is 6.56. The van der Waals surface area contributed by atoms with Crippen molar-refractivity contribution in [1.29, 1.82) is 0 Å². The smallest absolute Gasteiger partial charge is 0.112 e. The van der Waals surface area contributed by atoms with Crippen LogP contribution in [0.1, 0.15) is 58.7 Å². The number of nitrogens with one attached hydrogen (secondary N) is 1. The lowest BCUT2D eigenvalue weighted by Crippen LogP contribution is -2.35. The van der Waals surface area contributed by atoms with Crippen LogP contribution in [0.3, 0.4) is 0 Å². The van der Waals surface area contributed by atoms with Crippen LogP contribution in [0.5, 0.6) is 0 Å². The van der Waals surface area contributed by atoms with Gasteiger partial charge in [0.25, 0.3) is 0 Å². The molecule has 3 unspecified atom stereocenters. The minimum atomic E-state index is 0.575. The summed E-state index contributed by atoms with van der Waals surface area (Å²) in [7, 11) is 0. The van der Waals surface area contributed by atoms with E-state index >= 15 is 0 Å². The largest absolute Gasteiger partial charge is 0.335 e. The molecule has 0 saturated heterocycles. The van der Waals surface area contributed by atoms with Gasteiger partial charge in [-0.15, -0.1) is 0 Å². The molecule has 1 aromatic rings. The van der Waals surface area contributed by atoms with Crippen molar-refractivity contribution < 1.29 is 0 Å². The van der Waals surface area contributed by atoms with E-state index in [1.165, 1.54) is 25.1 Å². The normalized spacial score (nSPS) is 27.9. The fourth-order valence-electron chi connectivity index (χ4n) is 3.31. The van der Waals surface area contributed by atoms with Gasteiger partial charge in [-0.2, -0.15) is 0 Å². The van der Waals surface area contributed by atoms with Crippen molar-refractivity contribution in [3.63, 3.8) is 0 Å². The van der Waals surface area contributed by atoms with Crippen molar-refractivity contribution in [2.75, 3.05) is 6.54 Å². The molecule has 0 bridgehead atoms. The minimum Gasteiger partial charge on any atom is -0.335 e. The summed E-state index contributed by atoms with van der Waals surface area (Å²) in [5, 5.41) is 3.62. The standard InChI is InChI=1S/C16H29N3/c1-5-19-9-8-17-16(19)15-10-13(4)6-7-14(15)11-18-12(2)3/h8-9,12-15,18H,5-7,10-11H2,1-4H3. The first-order chi connectivity index (χ1) is 9.11. The Morgan fingerprint density at radius 2 is 2.21 bits per heavy atom. The molecule has 108 valence electrons. The second-order valence-corrected chi connectivity index (χ2v) is 6.42. The van der Waals surface area contributed by atoms with Gasteiger partial charge in [-0.25, -0.2) is 4.98 Å². The van der Waals surface area contributed by atoms with Gasteiger partial charge in [0.15, 0.2) is 0 Å². The summed E-state index contributed by atoms with van der Waals surface area (Å²) in [4.78, 5) is 4.66. The minimum absolute atomic E-state index is 0.575. The quantitative estimate of drug-likeness (QED) is 0.882. The van der Waals surface area contributed by atoms with E-state index in [2.05, 4.69) is 48.8 Å². The van der Waals surface area contributed by atoms with Crippen LogP contribution in [-0.2, 0) is 6.54 Å². The van der Waals surface area contributed by atoms with Gasteiger partial charge in [0.1, 0.15) is 5.82 Å². The highest BCUT2D eigenvalue weighted by molar-refractivity contribution is 5.05. The predicted molar refractivity (Wildman–Crippen MR) is 80.3 cm³/mol. The zero-order chi connectivity index (χ0) is 13.8. The average Bonchev–Trinajstić information content (AvgIpc) is 2.85. The maximum atomic E-state index is 4.66. The number of nitrogens with zero attached hydrogens (tertiary/aromatic N) is 2. The van der Waals surface area contributed by atoms with Crippen LogP contribution in [0.2, 0.25) is 0 Å². The Balaban J connectivity index is 2.12. The van der Waals surface area contributed by atoms with E-state index < -0.39 is 0 Å².